The number of rotatable bonds is 9. The van der Waals surface area contributed by atoms with E-state index >= 15 is 0 Å². The van der Waals surface area contributed by atoms with Gasteiger partial charge in [0, 0.05) is 12.8 Å². The van der Waals surface area contributed by atoms with Gasteiger partial charge in [0.2, 0.25) is 11.8 Å². The van der Waals surface area contributed by atoms with E-state index in [-0.39, 0.29) is 6.61 Å². The van der Waals surface area contributed by atoms with E-state index in [0.29, 0.717) is 24.6 Å². The molecule has 1 N–H and O–H groups in total. The van der Waals surface area contributed by atoms with Crippen LogP contribution in [0.5, 0.6) is 0 Å². The molecule has 0 radical (unpaired) electrons. The lowest BCUT2D eigenvalue weighted by atomic mass is 10.3. The predicted molar refractivity (Wildman–Crippen MR) is 57.1 cm³/mol. The molecule has 17 heavy (non-hydrogen) atoms. The van der Waals surface area contributed by atoms with Crippen molar-refractivity contribution in [3.63, 3.8) is 0 Å². The van der Waals surface area contributed by atoms with E-state index in [1.54, 1.807) is 0 Å². The Morgan fingerprint density at radius 2 is 2.00 bits per heavy atom. The second-order valence-electron chi connectivity index (χ2n) is 3.51. The summed E-state index contributed by atoms with van der Waals surface area (Å²) in [7, 11) is 1.87. The van der Waals surface area contributed by atoms with Gasteiger partial charge in [0.25, 0.3) is 6.43 Å². The Morgan fingerprint density at radius 1 is 1.29 bits per heavy atom. The summed E-state index contributed by atoms with van der Waals surface area (Å²) >= 11 is 0. The van der Waals surface area contributed by atoms with Crippen LogP contribution < -0.4 is 5.32 Å². The van der Waals surface area contributed by atoms with Crippen molar-refractivity contribution < 1.29 is 17.9 Å². The first kappa shape index (κ1) is 14.0. The Labute approximate surface area is 98.5 Å². The lowest BCUT2D eigenvalue weighted by Crippen LogP contribution is -2.08. The van der Waals surface area contributed by atoms with Gasteiger partial charge in [-0.05, 0) is 20.0 Å². The van der Waals surface area contributed by atoms with Gasteiger partial charge in [0.15, 0.2) is 0 Å². The van der Waals surface area contributed by atoms with E-state index < -0.39 is 13.0 Å². The van der Waals surface area contributed by atoms with Crippen LogP contribution in [0.3, 0.4) is 0 Å². The van der Waals surface area contributed by atoms with E-state index in [4.69, 9.17) is 9.15 Å². The van der Waals surface area contributed by atoms with Gasteiger partial charge in [-0.1, -0.05) is 0 Å². The summed E-state index contributed by atoms with van der Waals surface area (Å²) in [5.74, 6) is 1.00. The average Bonchev–Trinajstić information content (AvgIpc) is 2.73. The molecule has 0 atom stereocenters. The summed E-state index contributed by atoms with van der Waals surface area (Å²) in [6, 6.07) is 0. The SMILES string of the molecule is CNCCCc1nnc(CCOCC(F)F)o1. The molecule has 0 fully saturated rings. The fourth-order valence-corrected chi connectivity index (χ4v) is 1.24. The van der Waals surface area contributed by atoms with E-state index in [2.05, 4.69) is 15.5 Å². The van der Waals surface area contributed by atoms with E-state index in [9.17, 15) is 8.78 Å². The van der Waals surface area contributed by atoms with Crippen LogP contribution in [0.4, 0.5) is 8.78 Å². The fourth-order valence-electron chi connectivity index (χ4n) is 1.24. The molecule has 0 aliphatic carbocycles. The minimum absolute atomic E-state index is 0.169. The second kappa shape index (κ2) is 8.08. The number of hydrogen-bond donors (Lipinski definition) is 1. The highest BCUT2D eigenvalue weighted by Crippen LogP contribution is 2.03. The molecule has 0 bridgehead atoms. The molecule has 0 amide bonds. The number of halogens is 2. The minimum Gasteiger partial charge on any atom is -0.425 e. The summed E-state index contributed by atoms with van der Waals surface area (Å²) in [4.78, 5) is 0. The molecule has 1 heterocycles. The molecule has 5 nitrogen and oxygen atoms in total. The zero-order valence-electron chi connectivity index (χ0n) is 9.79. The third-order valence-electron chi connectivity index (χ3n) is 2.03. The highest BCUT2D eigenvalue weighted by Gasteiger charge is 2.07. The lowest BCUT2D eigenvalue weighted by Gasteiger charge is -2.00. The Kier molecular flexibility index (Phi) is 6.64. The van der Waals surface area contributed by atoms with E-state index in [1.165, 1.54) is 0 Å². The molecule has 0 saturated heterocycles. The Balaban J connectivity index is 2.16. The first-order valence-electron chi connectivity index (χ1n) is 5.54. The van der Waals surface area contributed by atoms with Gasteiger partial charge >= 0.3 is 0 Å². The predicted octanol–water partition coefficient (Wildman–Crippen LogP) is 1.05. The van der Waals surface area contributed by atoms with Crippen molar-refractivity contribution in [3.05, 3.63) is 11.8 Å². The molecule has 1 aromatic heterocycles. The summed E-state index contributed by atoms with van der Waals surface area (Å²) in [5.41, 5.74) is 0. The summed E-state index contributed by atoms with van der Waals surface area (Å²) in [6.45, 7) is 0.501. The van der Waals surface area contributed by atoms with Crippen molar-refractivity contribution in [1.29, 1.82) is 0 Å². The summed E-state index contributed by atoms with van der Waals surface area (Å²) in [6.07, 6.45) is -0.438. The maximum Gasteiger partial charge on any atom is 0.261 e. The molecule has 0 aliphatic rings. The normalized spacial score (nSPS) is 11.3. The van der Waals surface area contributed by atoms with Crippen LogP contribution in [0, 0.1) is 0 Å². The van der Waals surface area contributed by atoms with Crippen LogP contribution in [0.25, 0.3) is 0 Å². The third kappa shape index (κ3) is 6.28. The lowest BCUT2D eigenvalue weighted by molar-refractivity contribution is 0.0173. The molecule has 1 aromatic rings. The van der Waals surface area contributed by atoms with Crippen LogP contribution >= 0.6 is 0 Å². The molecule has 1 rings (SSSR count). The van der Waals surface area contributed by atoms with Gasteiger partial charge in [-0.25, -0.2) is 8.78 Å². The number of aromatic nitrogens is 2. The van der Waals surface area contributed by atoms with Gasteiger partial charge < -0.3 is 14.5 Å². The van der Waals surface area contributed by atoms with Crippen molar-refractivity contribution >= 4 is 0 Å². The number of hydrogen-bond acceptors (Lipinski definition) is 5. The van der Waals surface area contributed by atoms with E-state index in [0.717, 1.165) is 13.0 Å². The van der Waals surface area contributed by atoms with Crippen molar-refractivity contribution in [2.45, 2.75) is 25.7 Å². The summed E-state index contributed by atoms with van der Waals surface area (Å²) < 4.78 is 33.5. The topological polar surface area (TPSA) is 60.2 Å². The quantitative estimate of drug-likeness (QED) is 0.663. The van der Waals surface area contributed by atoms with Crippen molar-refractivity contribution in [3.8, 4) is 0 Å². The van der Waals surface area contributed by atoms with E-state index in [1.807, 2.05) is 7.05 Å². The van der Waals surface area contributed by atoms with Crippen LogP contribution in [-0.4, -0.2) is 43.4 Å². The van der Waals surface area contributed by atoms with Gasteiger partial charge in [0.1, 0.15) is 6.61 Å². The molecular formula is C10H17F2N3O2. The zero-order chi connectivity index (χ0) is 12.5. The van der Waals surface area contributed by atoms with Crippen LogP contribution in [0.1, 0.15) is 18.2 Å². The molecular weight excluding hydrogens is 232 g/mol. The molecule has 0 aliphatic heterocycles. The molecule has 0 saturated carbocycles. The number of aryl methyl sites for hydroxylation is 1. The number of ether oxygens (including phenoxy) is 1. The van der Waals surface area contributed by atoms with Crippen molar-refractivity contribution in [2.24, 2.45) is 0 Å². The largest absolute Gasteiger partial charge is 0.425 e. The van der Waals surface area contributed by atoms with Gasteiger partial charge in [-0.2, -0.15) is 0 Å². The second-order valence-corrected chi connectivity index (χ2v) is 3.51. The zero-order valence-corrected chi connectivity index (χ0v) is 9.79. The van der Waals surface area contributed by atoms with Crippen molar-refractivity contribution in [1.82, 2.24) is 15.5 Å². The highest BCUT2D eigenvalue weighted by molar-refractivity contribution is 4.82. The average molecular weight is 249 g/mol. The monoisotopic (exact) mass is 249 g/mol. The maximum absolute atomic E-state index is 11.8. The maximum atomic E-state index is 11.8. The van der Waals surface area contributed by atoms with Crippen LogP contribution in [0.15, 0.2) is 4.42 Å². The number of nitrogens with one attached hydrogen (secondary N) is 1. The first-order valence-corrected chi connectivity index (χ1v) is 5.54. The molecule has 0 aromatic carbocycles. The molecule has 7 heteroatoms. The highest BCUT2D eigenvalue weighted by atomic mass is 19.3. The standard InChI is InChI=1S/C10H17F2N3O2/c1-13-5-2-3-9-14-15-10(17-9)4-6-16-7-8(11)12/h8,13H,2-7H2,1H3. The van der Waals surface area contributed by atoms with Gasteiger partial charge in [0.05, 0.1) is 6.61 Å². The van der Waals surface area contributed by atoms with Gasteiger partial charge in [-0.15, -0.1) is 10.2 Å². The third-order valence-corrected chi connectivity index (χ3v) is 2.03. The Bertz CT molecular complexity index is 307. The molecule has 0 spiro atoms. The summed E-state index contributed by atoms with van der Waals surface area (Å²) in [5, 5.41) is 10.7. The van der Waals surface area contributed by atoms with Crippen molar-refractivity contribution in [2.75, 3.05) is 26.8 Å². The number of alkyl halides is 2. The molecule has 98 valence electrons. The Morgan fingerprint density at radius 3 is 2.65 bits per heavy atom. The number of nitrogens with zero attached hydrogens (tertiary/aromatic N) is 2. The van der Waals surface area contributed by atoms with Crippen LogP contribution in [0.2, 0.25) is 0 Å². The smallest absolute Gasteiger partial charge is 0.261 e. The van der Waals surface area contributed by atoms with Crippen LogP contribution in [-0.2, 0) is 17.6 Å². The van der Waals surface area contributed by atoms with Gasteiger partial charge in [-0.3, -0.25) is 0 Å². The minimum atomic E-state index is -2.44. The first-order chi connectivity index (χ1) is 8.22. The fraction of sp³-hybridized carbons (Fsp3) is 0.800. The Hall–Kier alpha value is -1.08. The molecule has 0 unspecified atom stereocenters.